The number of rotatable bonds is 0. The van der Waals surface area contributed by atoms with Gasteiger partial charge in [0.05, 0.1) is 0 Å². The third kappa shape index (κ3) is 1.06. The number of Topliss-reactive ketones (excluding diaryl/α,β-unsaturated/α-hetero) is 1. The van der Waals surface area contributed by atoms with Gasteiger partial charge in [0.15, 0.2) is 5.78 Å². The Labute approximate surface area is 87.4 Å². The Balaban J connectivity index is 1.92. The fourth-order valence-electron chi connectivity index (χ4n) is 2.98. The maximum Gasteiger partial charge on any atom is 0.162 e. The molecule has 1 saturated heterocycles. The zero-order chi connectivity index (χ0) is 8.89. The van der Waals surface area contributed by atoms with E-state index >= 15 is 0 Å². The van der Waals surface area contributed by atoms with E-state index in [2.05, 4.69) is 0 Å². The Morgan fingerprint density at radius 3 is 2.62 bits per heavy atom. The molecule has 3 fully saturated rings. The van der Waals surface area contributed by atoms with Crippen LogP contribution in [-0.2, 0) is 4.79 Å². The van der Waals surface area contributed by atoms with Crippen LogP contribution in [0.4, 0.5) is 0 Å². The van der Waals surface area contributed by atoms with Gasteiger partial charge in [-0.3, -0.25) is 4.79 Å². The summed E-state index contributed by atoms with van der Waals surface area (Å²) in [6.45, 7) is 0. The number of fused-ring (bicyclic) bond motifs is 3. The molecular weight excluding hydrogens is 200 g/mol. The monoisotopic (exact) mass is 214 g/mol. The van der Waals surface area contributed by atoms with E-state index in [-0.39, 0.29) is 4.08 Å². The molecule has 1 spiro atoms. The van der Waals surface area contributed by atoms with Crippen LogP contribution in [0.2, 0.25) is 0 Å². The number of carbonyl (C=O) groups excluding carboxylic acids is 1. The zero-order valence-corrected chi connectivity index (χ0v) is 9.26. The average Bonchev–Trinajstić information content (AvgIpc) is 2.73. The molecule has 1 nitrogen and oxygen atoms in total. The third-order valence-electron chi connectivity index (χ3n) is 3.61. The minimum Gasteiger partial charge on any atom is -0.297 e. The van der Waals surface area contributed by atoms with Gasteiger partial charge in [0.25, 0.3) is 0 Å². The van der Waals surface area contributed by atoms with Crippen molar-refractivity contribution < 1.29 is 4.79 Å². The summed E-state index contributed by atoms with van der Waals surface area (Å²) in [7, 11) is 0. The standard InChI is InChI=1S/C10H14OS2/c11-9-7-2-3-8(6-7)10(9)12-4-1-5-13-10/h7-8H,1-6H2/t7-,8+/m0/s1. The summed E-state index contributed by atoms with van der Waals surface area (Å²) in [6.07, 6.45) is 5.00. The van der Waals surface area contributed by atoms with Crippen molar-refractivity contribution in [3.8, 4) is 0 Å². The lowest BCUT2D eigenvalue weighted by Gasteiger charge is -2.37. The number of thioether (sulfide) groups is 2. The van der Waals surface area contributed by atoms with Gasteiger partial charge in [-0.1, -0.05) is 0 Å². The summed E-state index contributed by atoms with van der Waals surface area (Å²) in [5.74, 6) is 4.19. The highest BCUT2D eigenvalue weighted by Crippen LogP contribution is 2.61. The molecule has 2 atom stereocenters. The summed E-state index contributed by atoms with van der Waals surface area (Å²) in [5.41, 5.74) is 0. The van der Waals surface area contributed by atoms with Gasteiger partial charge in [-0.2, -0.15) is 0 Å². The average molecular weight is 214 g/mol. The van der Waals surface area contributed by atoms with Gasteiger partial charge < -0.3 is 0 Å². The Hall–Kier alpha value is 0.370. The summed E-state index contributed by atoms with van der Waals surface area (Å²) in [4.78, 5) is 12.1. The van der Waals surface area contributed by atoms with E-state index in [1.54, 1.807) is 0 Å². The van der Waals surface area contributed by atoms with E-state index < -0.39 is 0 Å². The van der Waals surface area contributed by atoms with Crippen LogP contribution >= 0.6 is 23.5 Å². The van der Waals surface area contributed by atoms with Crippen LogP contribution in [0.15, 0.2) is 0 Å². The second-order valence-corrected chi connectivity index (χ2v) is 7.23. The molecule has 0 amide bonds. The third-order valence-corrected chi connectivity index (χ3v) is 7.23. The van der Waals surface area contributed by atoms with Crippen molar-refractivity contribution in [3.05, 3.63) is 0 Å². The Morgan fingerprint density at radius 2 is 2.00 bits per heavy atom. The fourth-order valence-corrected chi connectivity index (χ4v) is 6.69. The minimum absolute atomic E-state index is 0.0428. The molecule has 2 bridgehead atoms. The molecule has 0 radical (unpaired) electrons. The van der Waals surface area contributed by atoms with Crippen LogP contribution in [0.5, 0.6) is 0 Å². The van der Waals surface area contributed by atoms with Crippen molar-refractivity contribution in [3.63, 3.8) is 0 Å². The quantitative estimate of drug-likeness (QED) is 0.617. The van der Waals surface area contributed by atoms with Gasteiger partial charge in [-0.25, -0.2) is 0 Å². The lowest BCUT2D eigenvalue weighted by Crippen LogP contribution is -2.39. The lowest BCUT2D eigenvalue weighted by molar-refractivity contribution is -0.122. The first kappa shape index (κ1) is 8.66. The van der Waals surface area contributed by atoms with Crippen LogP contribution < -0.4 is 0 Å². The molecule has 0 aromatic carbocycles. The number of carbonyl (C=O) groups is 1. The van der Waals surface area contributed by atoms with Crippen LogP contribution in [0.1, 0.15) is 25.7 Å². The van der Waals surface area contributed by atoms with Crippen molar-refractivity contribution in [1.29, 1.82) is 0 Å². The maximum absolute atomic E-state index is 12.1. The molecule has 0 N–H and O–H groups in total. The van der Waals surface area contributed by atoms with Crippen LogP contribution in [0.25, 0.3) is 0 Å². The second kappa shape index (κ2) is 2.93. The van der Waals surface area contributed by atoms with E-state index in [1.807, 2.05) is 23.5 Å². The van der Waals surface area contributed by atoms with Crippen LogP contribution in [0.3, 0.4) is 0 Å². The fraction of sp³-hybridized carbons (Fsp3) is 0.900. The highest BCUT2D eigenvalue weighted by atomic mass is 32.2. The van der Waals surface area contributed by atoms with Gasteiger partial charge in [0.1, 0.15) is 4.08 Å². The molecule has 0 aromatic rings. The molecule has 72 valence electrons. The van der Waals surface area contributed by atoms with Crippen molar-refractivity contribution in [2.24, 2.45) is 11.8 Å². The molecule has 1 aliphatic heterocycles. The first-order valence-corrected chi connectivity index (χ1v) is 7.12. The normalized spacial score (nSPS) is 41.7. The van der Waals surface area contributed by atoms with E-state index in [1.165, 1.54) is 37.2 Å². The van der Waals surface area contributed by atoms with Crippen LogP contribution in [-0.4, -0.2) is 21.4 Å². The zero-order valence-electron chi connectivity index (χ0n) is 7.62. The van der Waals surface area contributed by atoms with Crippen molar-refractivity contribution >= 4 is 29.3 Å². The maximum atomic E-state index is 12.1. The molecule has 3 rings (SSSR count). The Morgan fingerprint density at radius 1 is 1.23 bits per heavy atom. The smallest absolute Gasteiger partial charge is 0.162 e. The summed E-state index contributed by atoms with van der Waals surface area (Å²) < 4.78 is 0.0428. The van der Waals surface area contributed by atoms with Gasteiger partial charge in [0, 0.05) is 5.92 Å². The molecular formula is C10H14OS2. The molecule has 0 unspecified atom stereocenters. The summed E-state index contributed by atoms with van der Waals surface area (Å²) in [5, 5.41) is 0. The van der Waals surface area contributed by atoms with Crippen molar-refractivity contribution in [1.82, 2.24) is 0 Å². The molecule has 1 heterocycles. The first-order chi connectivity index (χ1) is 6.33. The Kier molecular flexibility index (Phi) is 1.95. The summed E-state index contributed by atoms with van der Waals surface area (Å²) >= 11 is 3.92. The number of ketones is 1. The molecule has 2 saturated carbocycles. The predicted molar refractivity (Wildman–Crippen MR) is 58.1 cm³/mol. The van der Waals surface area contributed by atoms with Crippen molar-refractivity contribution in [2.45, 2.75) is 29.8 Å². The van der Waals surface area contributed by atoms with Gasteiger partial charge in [-0.05, 0) is 43.1 Å². The molecule has 2 aliphatic carbocycles. The number of hydrogen-bond acceptors (Lipinski definition) is 3. The van der Waals surface area contributed by atoms with E-state index in [0.717, 1.165) is 5.92 Å². The summed E-state index contributed by atoms with van der Waals surface area (Å²) in [6, 6.07) is 0. The lowest BCUT2D eigenvalue weighted by atomic mass is 9.98. The van der Waals surface area contributed by atoms with Crippen molar-refractivity contribution in [2.75, 3.05) is 11.5 Å². The number of hydrogen-bond donors (Lipinski definition) is 0. The van der Waals surface area contributed by atoms with Gasteiger partial charge in [0.2, 0.25) is 0 Å². The SMILES string of the molecule is O=C1[C@H]2CC[C@H](C2)C12SCCCS2. The van der Waals surface area contributed by atoms with E-state index in [9.17, 15) is 4.79 Å². The molecule has 0 aromatic heterocycles. The van der Waals surface area contributed by atoms with Crippen LogP contribution in [0, 0.1) is 11.8 Å². The second-order valence-electron chi connectivity index (χ2n) is 4.29. The highest BCUT2D eigenvalue weighted by molar-refractivity contribution is 8.20. The first-order valence-electron chi connectivity index (χ1n) is 5.15. The molecule has 13 heavy (non-hydrogen) atoms. The largest absolute Gasteiger partial charge is 0.297 e. The van der Waals surface area contributed by atoms with Gasteiger partial charge >= 0.3 is 0 Å². The predicted octanol–water partition coefficient (Wildman–Crippen LogP) is 2.55. The highest BCUT2D eigenvalue weighted by Gasteiger charge is 2.59. The Bertz CT molecular complexity index is 245. The van der Waals surface area contributed by atoms with Gasteiger partial charge in [-0.15, -0.1) is 23.5 Å². The minimum atomic E-state index is 0.0428. The van der Waals surface area contributed by atoms with E-state index in [4.69, 9.17) is 0 Å². The molecule has 3 aliphatic rings. The van der Waals surface area contributed by atoms with E-state index in [0.29, 0.717) is 11.7 Å². The topological polar surface area (TPSA) is 17.1 Å². The molecule has 3 heteroatoms.